The number of hydrogen-bond donors (Lipinski definition) is 1. The van der Waals surface area contributed by atoms with Gasteiger partial charge in [0.05, 0.1) is 11.3 Å². The first-order chi connectivity index (χ1) is 11.0. The SMILES string of the molecule is CCCCCCC1CC2(C)NC(=O)c3cc(Cl)ccc3N2C1=O. The molecule has 23 heavy (non-hydrogen) atoms. The number of amides is 2. The molecule has 0 radical (unpaired) electrons. The average molecular weight is 335 g/mol. The highest BCUT2D eigenvalue weighted by Crippen LogP contribution is 2.43. The van der Waals surface area contributed by atoms with E-state index in [0.29, 0.717) is 22.7 Å². The van der Waals surface area contributed by atoms with Gasteiger partial charge in [-0.05, 0) is 31.5 Å². The molecular weight excluding hydrogens is 312 g/mol. The molecule has 124 valence electrons. The minimum absolute atomic E-state index is 0.0150. The first-order valence-corrected chi connectivity index (χ1v) is 8.80. The third-order valence-electron chi connectivity index (χ3n) is 4.94. The van der Waals surface area contributed by atoms with Crippen molar-refractivity contribution >= 4 is 29.1 Å². The molecule has 2 aliphatic rings. The van der Waals surface area contributed by atoms with E-state index in [-0.39, 0.29) is 17.7 Å². The summed E-state index contributed by atoms with van der Waals surface area (Å²) in [4.78, 5) is 27.1. The van der Waals surface area contributed by atoms with Crippen molar-refractivity contribution in [2.75, 3.05) is 4.90 Å². The van der Waals surface area contributed by atoms with Gasteiger partial charge in [-0.25, -0.2) is 0 Å². The third-order valence-corrected chi connectivity index (χ3v) is 5.18. The fraction of sp³-hybridized carbons (Fsp3) is 0.556. The molecule has 0 bridgehead atoms. The molecule has 1 fully saturated rings. The first kappa shape index (κ1) is 16.3. The van der Waals surface area contributed by atoms with Crippen LogP contribution in [-0.4, -0.2) is 17.5 Å². The van der Waals surface area contributed by atoms with Gasteiger partial charge in [0.2, 0.25) is 5.91 Å². The number of nitrogens with zero attached hydrogens (tertiary/aromatic N) is 1. The summed E-state index contributed by atoms with van der Waals surface area (Å²) in [5, 5.41) is 3.51. The van der Waals surface area contributed by atoms with Crippen LogP contribution in [0.4, 0.5) is 5.69 Å². The van der Waals surface area contributed by atoms with Gasteiger partial charge in [-0.15, -0.1) is 0 Å². The van der Waals surface area contributed by atoms with Gasteiger partial charge in [-0.1, -0.05) is 44.2 Å². The predicted octanol–water partition coefficient (Wildman–Crippen LogP) is 4.12. The summed E-state index contributed by atoms with van der Waals surface area (Å²) >= 11 is 6.00. The molecule has 1 aromatic carbocycles. The van der Waals surface area contributed by atoms with E-state index < -0.39 is 5.66 Å². The maximum absolute atomic E-state index is 12.9. The monoisotopic (exact) mass is 334 g/mol. The van der Waals surface area contributed by atoms with Crippen molar-refractivity contribution in [1.82, 2.24) is 5.32 Å². The van der Waals surface area contributed by atoms with E-state index in [1.165, 1.54) is 12.8 Å². The number of anilines is 1. The molecule has 1 aromatic rings. The summed E-state index contributed by atoms with van der Waals surface area (Å²) in [5.41, 5.74) is 0.543. The maximum Gasteiger partial charge on any atom is 0.255 e. The molecule has 2 unspecified atom stereocenters. The molecule has 2 aliphatic heterocycles. The Morgan fingerprint density at radius 1 is 1.30 bits per heavy atom. The molecule has 2 heterocycles. The lowest BCUT2D eigenvalue weighted by molar-refractivity contribution is -0.120. The van der Waals surface area contributed by atoms with Gasteiger partial charge in [0.1, 0.15) is 5.66 Å². The lowest BCUT2D eigenvalue weighted by Gasteiger charge is -2.40. The first-order valence-electron chi connectivity index (χ1n) is 8.42. The Bertz CT molecular complexity index is 646. The quantitative estimate of drug-likeness (QED) is 0.823. The van der Waals surface area contributed by atoms with Crippen molar-refractivity contribution < 1.29 is 9.59 Å². The van der Waals surface area contributed by atoms with Crippen molar-refractivity contribution in [2.45, 2.75) is 58.0 Å². The molecule has 3 rings (SSSR count). The number of halogens is 1. The highest BCUT2D eigenvalue weighted by Gasteiger charge is 2.52. The summed E-state index contributed by atoms with van der Waals surface area (Å²) in [6, 6.07) is 5.15. The zero-order valence-electron chi connectivity index (χ0n) is 13.7. The Labute approximate surface area is 142 Å². The number of unbranched alkanes of at least 4 members (excludes halogenated alkanes) is 3. The van der Waals surface area contributed by atoms with E-state index in [0.717, 1.165) is 19.3 Å². The Balaban J connectivity index is 1.85. The number of fused-ring (bicyclic) bond motifs is 3. The van der Waals surface area contributed by atoms with E-state index in [9.17, 15) is 9.59 Å². The Hall–Kier alpha value is -1.55. The van der Waals surface area contributed by atoms with Crippen LogP contribution in [0.3, 0.4) is 0 Å². The number of nitrogens with one attached hydrogen (secondary N) is 1. The second kappa shape index (κ2) is 6.16. The normalized spacial score (nSPS) is 26.0. The summed E-state index contributed by atoms with van der Waals surface area (Å²) in [5.74, 6) is -0.0490. The van der Waals surface area contributed by atoms with Gasteiger partial charge < -0.3 is 5.32 Å². The summed E-state index contributed by atoms with van der Waals surface area (Å²) < 4.78 is 0. The summed E-state index contributed by atoms with van der Waals surface area (Å²) in [6.45, 7) is 4.12. The molecule has 1 N–H and O–H groups in total. The number of benzene rings is 1. The zero-order valence-corrected chi connectivity index (χ0v) is 14.4. The summed E-state index contributed by atoms with van der Waals surface area (Å²) in [7, 11) is 0. The van der Waals surface area contributed by atoms with E-state index in [1.807, 2.05) is 6.92 Å². The average Bonchev–Trinajstić information content (AvgIpc) is 2.75. The van der Waals surface area contributed by atoms with E-state index in [1.54, 1.807) is 23.1 Å². The van der Waals surface area contributed by atoms with Gasteiger partial charge in [-0.3, -0.25) is 14.5 Å². The van der Waals surface area contributed by atoms with Gasteiger partial charge in [0, 0.05) is 17.4 Å². The second-order valence-corrected chi connectivity index (χ2v) is 7.25. The van der Waals surface area contributed by atoms with E-state index in [4.69, 9.17) is 11.6 Å². The molecule has 0 spiro atoms. The number of hydrogen-bond acceptors (Lipinski definition) is 2. The highest BCUT2D eigenvalue weighted by atomic mass is 35.5. The van der Waals surface area contributed by atoms with Crippen LogP contribution in [0.2, 0.25) is 5.02 Å². The van der Waals surface area contributed by atoms with Crippen LogP contribution in [-0.2, 0) is 4.79 Å². The van der Waals surface area contributed by atoms with Crippen LogP contribution in [0.1, 0.15) is 62.7 Å². The fourth-order valence-electron chi connectivity index (χ4n) is 3.82. The van der Waals surface area contributed by atoms with E-state index >= 15 is 0 Å². The van der Waals surface area contributed by atoms with Crippen molar-refractivity contribution in [3.63, 3.8) is 0 Å². The third kappa shape index (κ3) is 2.85. The molecule has 4 nitrogen and oxygen atoms in total. The molecule has 1 saturated heterocycles. The van der Waals surface area contributed by atoms with Crippen molar-refractivity contribution in [1.29, 1.82) is 0 Å². The van der Waals surface area contributed by atoms with Crippen molar-refractivity contribution in [2.24, 2.45) is 5.92 Å². The van der Waals surface area contributed by atoms with Gasteiger partial charge in [-0.2, -0.15) is 0 Å². The molecule has 5 heteroatoms. The topological polar surface area (TPSA) is 49.4 Å². The van der Waals surface area contributed by atoms with Crippen LogP contribution in [0.5, 0.6) is 0 Å². The molecular formula is C18H23ClN2O2. The smallest absolute Gasteiger partial charge is 0.255 e. The molecule has 0 saturated carbocycles. The van der Waals surface area contributed by atoms with Crippen molar-refractivity contribution in [3.05, 3.63) is 28.8 Å². The lowest BCUT2D eigenvalue weighted by Crippen LogP contribution is -2.60. The summed E-state index contributed by atoms with van der Waals surface area (Å²) in [6.07, 6.45) is 6.19. The van der Waals surface area contributed by atoms with Gasteiger partial charge >= 0.3 is 0 Å². The van der Waals surface area contributed by atoms with Crippen LogP contribution in [0.25, 0.3) is 0 Å². The lowest BCUT2D eigenvalue weighted by atomic mass is 9.94. The Morgan fingerprint density at radius 3 is 2.83 bits per heavy atom. The number of carbonyl (C=O) groups excluding carboxylic acids is 2. The predicted molar refractivity (Wildman–Crippen MR) is 91.7 cm³/mol. The molecule has 2 amide bonds. The Morgan fingerprint density at radius 2 is 2.09 bits per heavy atom. The molecule has 0 aromatic heterocycles. The largest absolute Gasteiger partial charge is 0.329 e. The zero-order chi connectivity index (χ0) is 16.6. The number of carbonyl (C=O) groups is 2. The van der Waals surface area contributed by atoms with E-state index in [2.05, 4.69) is 12.2 Å². The van der Waals surface area contributed by atoms with Gasteiger partial charge in [0.15, 0.2) is 0 Å². The minimum Gasteiger partial charge on any atom is -0.329 e. The minimum atomic E-state index is -0.621. The van der Waals surface area contributed by atoms with Crippen LogP contribution >= 0.6 is 11.6 Å². The van der Waals surface area contributed by atoms with Crippen molar-refractivity contribution in [3.8, 4) is 0 Å². The number of rotatable bonds is 5. The highest BCUT2D eigenvalue weighted by molar-refractivity contribution is 6.31. The maximum atomic E-state index is 12.9. The van der Waals surface area contributed by atoms with Gasteiger partial charge in [0.25, 0.3) is 5.91 Å². The Kier molecular flexibility index (Phi) is 4.37. The van der Waals surface area contributed by atoms with Crippen LogP contribution in [0.15, 0.2) is 18.2 Å². The standard InChI is InChI=1S/C18H23ClN2O2/c1-3-4-5-6-7-12-11-18(2)20-16(22)14-10-13(19)8-9-15(14)21(18)17(12)23/h8-10,12H,3-7,11H2,1-2H3,(H,20,22). The fourth-order valence-corrected chi connectivity index (χ4v) is 3.99. The molecule has 0 aliphatic carbocycles. The van der Waals surface area contributed by atoms with Crippen LogP contribution in [0, 0.1) is 5.92 Å². The molecule has 2 atom stereocenters. The van der Waals surface area contributed by atoms with Crippen LogP contribution < -0.4 is 10.2 Å². The second-order valence-electron chi connectivity index (χ2n) is 6.81.